The first-order valence-electron chi connectivity index (χ1n) is 7.34. The lowest BCUT2D eigenvalue weighted by molar-refractivity contribution is 0.0944. The van der Waals surface area contributed by atoms with Crippen molar-refractivity contribution < 1.29 is 23.7 Å². The van der Waals surface area contributed by atoms with Crippen molar-refractivity contribution in [3.05, 3.63) is 47.5 Å². The number of methoxy groups -OCH3 is 4. The van der Waals surface area contributed by atoms with Crippen LogP contribution < -0.4 is 24.3 Å². The van der Waals surface area contributed by atoms with E-state index in [1.807, 2.05) is 12.1 Å². The molecular weight excluding hydrogens is 310 g/mol. The molecule has 1 N–H and O–H groups in total. The van der Waals surface area contributed by atoms with Gasteiger partial charge in [0.05, 0.1) is 28.4 Å². The molecular formula is C18H21NO5. The molecule has 128 valence electrons. The molecule has 0 heterocycles. The predicted octanol–water partition coefficient (Wildman–Crippen LogP) is 2.65. The summed E-state index contributed by atoms with van der Waals surface area (Å²) in [5, 5.41) is 2.86. The molecule has 2 rings (SSSR count). The van der Waals surface area contributed by atoms with Gasteiger partial charge in [-0.3, -0.25) is 4.79 Å². The van der Waals surface area contributed by atoms with Crippen LogP contribution in [0.5, 0.6) is 23.0 Å². The average molecular weight is 331 g/mol. The molecule has 0 aliphatic heterocycles. The summed E-state index contributed by atoms with van der Waals surface area (Å²) >= 11 is 0. The summed E-state index contributed by atoms with van der Waals surface area (Å²) in [4.78, 5) is 12.6. The highest BCUT2D eigenvalue weighted by molar-refractivity contribution is 5.99. The third kappa shape index (κ3) is 3.71. The number of ether oxygens (including phenoxy) is 4. The summed E-state index contributed by atoms with van der Waals surface area (Å²) in [6.07, 6.45) is 0. The van der Waals surface area contributed by atoms with Gasteiger partial charge in [-0.1, -0.05) is 6.07 Å². The van der Waals surface area contributed by atoms with E-state index < -0.39 is 0 Å². The molecule has 1 amide bonds. The van der Waals surface area contributed by atoms with Crippen LogP contribution in [0, 0.1) is 0 Å². The van der Waals surface area contributed by atoms with Crippen LogP contribution in [0.1, 0.15) is 15.9 Å². The molecule has 0 aliphatic carbocycles. The van der Waals surface area contributed by atoms with E-state index in [2.05, 4.69) is 5.32 Å². The normalized spacial score (nSPS) is 10.0. The summed E-state index contributed by atoms with van der Waals surface area (Å²) in [5.41, 5.74) is 1.19. The molecule has 6 heteroatoms. The summed E-state index contributed by atoms with van der Waals surface area (Å²) < 4.78 is 21.0. The number of hydrogen-bond acceptors (Lipinski definition) is 5. The van der Waals surface area contributed by atoms with E-state index >= 15 is 0 Å². The zero-order chi connectivity index (χ0) is 17.5. The lowest BCUT2D eigenvalue weighted by atomic mass is 10.1. The van der Waals surface area contributed by atoms with Crippen molar-refractivity contribution in [3.8, 4) is 23.0 Å². The Hall–Kier alpha value is -2.89. The van der Waals surface area contributed by atoms with Gasteiger partial charge >= 0.3 is 0 Å². The third-order valence-electron chi connectivity index (χ3n) is 3.59. The number of hydrogen-bond donors (Lipinski definition) is 1. The van der Waals surface area contributed by atoms with Gasteiger partial charge in [0.15, 0.2) is 0 Å². The van der Waals surface area contributed by atoms with Gasteiger partial charge in [-0.25, -0.2) is 0 Å². The second kappa shape index (κ2) is 8.10. The van der Waals surface area contributed by atoms with Crippen LogP contribution in [0.25, 0.3) is 0 Å². The van der Waals surface area contributed by atoms with Crippen LogP contribution in [0.3, 0.4) is 0 Å². The monoisotopic (exact) mass is 331 g/mol. The van der Waals surface area contributed by atoms with Crippen LogP contribution >= 0.6 is 0 Å². The lowest BCUT2D eigenvalue weighted by Gasteiger charge is -2.14. The van der Waals surface area contributed by atoms with Crippen molar-refractivity contribution in [2.24, 2.45) is 0 Å². The van der Waals surface area contributed by atoms with E-state index in [4.69, 9.17) is 18.9 Å². The molecule has 0 atom stereocenters. The first-order chi connectivity index (χ1) is 11.6. The smallest absolute Gasteiger partial charge is 0.259 e. The molecule has 24 heavy (non-hydrogen) atoms. The van der Waals surface area contributed by atoms with Crippen LogP contribution in [0.2, 0.25) is 0 Å². The Morgan fingerprint density at radius 2 is 1.50 bits per heavy atom. The van der Waals surface area contributed by atoms with Crippen LogP contribution in [-0.2, 0) is 6.54 Å². The molecule has 0 aliphatic rings. The Bertz CT molecular complexity index is 692. The minimum atomic E-state index is -0.290. The van der Waals surface area contributed by atoms with Gasteiger partial charge in [-0.2, -0.15) is 0 Å². The number of carbonyl (C=O) groups excluding carboxylic acids is 1. The van der Waals surface area contributed by atoms with Crippen molar-refractivity contribution in [1.29, 1.82) is 0 Å². The van der Waals surface area contributed by atoms with Gasteiger partial charge in [-0.15, -0.1) is 0 Å². The molecule has 6 nitrogen and oxygen atoms in total. The number of benzene rings is 2. The Morgan fingerprint density at radius 1 is 0.875 bits per heavy atom. The highest BCUT2D eigenvalue weighted by Gasteiger charge is 2.18. The van der Waals surface area contributed by atoms with Crippen LogP contribution in [0.15, 0.2) is 36.4 Å². The molecule has 0 radical (unpaired) electrons. The topological polar surface area (TPSA) is 66.0 Å². The number of rotatable bonds is 7. The van der Waals surface area contributed by atoms with Crippen molar-refractivity contribution in [1.82, 2.24) is 5.32 Å². The van der Waals surface area contributed by atoms with E-state index in [1.165, 1.54) is 14.2 Å². The second-order valence-corrected chi connectivity index (χ2v) is 4.90. The number of amides is 1. The van der Waals surface area contributed by atoms with Crippen LogP contribution in [0.4, 0.5) is 0 Å². The van der Waals surface area contributed by atoms with Crippen molar-refractivity contribution in [2.75, 3.05) is 28.4 Å². The first kappa shape index (κ1) is 17.5. The summed E-state index contributed by atoms with van der Waals surface area (Å²) in [6.45, 7) is 0.299. The van der Waals surface area contributed by atoms with Crippen molar-refractivity contribution in [2.45, 2.75) is 6.54 Å². The van der Waals surface area contributed by atoms with Crippen molar-refractivity contribution >= 4 is 5.91 Å². The minimum absolute atomic E-state index is 0.290. The fourth-order valence-electron chi connectivity index (χ4n) is 2.34. The SMILES string of the molecule is COc1ccc(CNC(=O)c2c(OC)cccc2OC)c(OC)c1. The summed E-state index contributed by atoms with van der Waals surface area (Å²) in [6, 6.07) is 10.6. The molecule has 0 saturated heterocycles. The molecule has 0 bridgehead atoms. The number of nitrogens with one attached hydrogen (secondary N) is 1. The Kier molecular flexibility index (Phi) is 5.89. The predicted molar refractivity (Wildman–Crippen MR) is 90.3 cm³/mol. The second-order valence-electron chi connectivity index (χ2n) is 4.90. The van der Waals surface area contributed by atoms with E-state index in [0.29, 0.717) is 35.1 Å². The van der Waals surface area contributed by atoms with E-state index in [9.17, 15) is 4.79 Å². The summed E-state index contributed by atoms with van der Waals surface area (Å²) in [5.74, 6) is 1.94. The van der Waals surface area contributed by atoms with Gasteiger partial charge in [-0.05, 0) is 24.3 Å². The molecule has 0 fully saturated rings. The minimum Gasteiger partial charge on any atom is -0.497 e. The fourth-order valence-corrected chi connectivity index (χ4v) is 2.34. The average Bonchev–Trinajstić information content (AvgIpc) is 2.64. The van der Waals surface area contributed by atoms with Gasteiger partial charge in [0.1, 0.15) is 28.6 Å². The van der Waals surface area contributed by atoms with E-state index in [-0.39, 0.29) is 5.91 Å². The van der Waals surface area contributed by atoms with E-state index in [0.717, 1.165) is 5.56 Å². The zero-order valence-electron chi connectivity index (χ0n) is 14.2. The van der Waals surface area contributed by atoms with E-state index in [1.54, 1.807) is 38.5 Å². The molecule has 2 aromatic carbocycles. The van der Waals surface area contributed by atoms with Crippen molar-refractivity contribution in [3.63, 3.8) is 0 Å². The van der Waals surface area contributed by atoms with Gasteiger partial charge < -0.3 is 24.3 Å². The fraction of sp³-hybridized carbons (Fsp3) is 0.278. The quantitative estimate of drug-likeness (QED) is 0.845. The molecule has 0 aromatic heterocycles. The molecule has 2 aromatic rings. The molecule has 0 unspecified atom stereocenters. The Balaban J connectivity index is 2.20. The Labute approximate surface area is 141 Å². The molecule has 0 spiro atoms. The van der Waals surface area contributed by atoms with Gasteiger partial charge in [0.25, 0.3) is 5.91 Å². The molecule has 0 saturated carbocycles. The summed E-state index contributed by atoms with van der Waals surface area (Å²) in [7, 11) is 6.18. The highest BCUT2D eigenvalue weighted by atomic mass is 16.5. The third-order valence-corrected chi connectivity index (χ3v) is 3.59. The standard InChI is InChI=1S/C18H21NO5/c1-21-13-9-8-12(16(10-13)24-4)11-19-18(20)17-14(22-2)6-5-7-15(17)23-3/h5-10H,11H2,1-4H3,(H,19,20). The van der Waals surface area contributed by atoms with Crippen LogP contribution in [-0.4, -0.2) is 34.3 Å². The highest BCUT2D eigenvalue weighted by Crippen LogP contribution is 2.29. The largest absolute Gasteiger partial charge is 0.497 e. The van der Waals surface area contributed by atoms with Gasteiger partial charge in [0, 0.05) is 18.2 Å². The first-order valence-corrected chi connectivity index (χ1v) is 7.34. The lowest BCUT2D eigenvalue weighted by Crippen LogP contribution is -2.24. The van der Waals surface area contributed by atoms with Gasteiger partial charge in [0.2, 0.25) is 0 Å². The zero-order valence-corrected chi connectivity index (χ0v) is 14.2. The number of carbonyl (C=O) groups is 1. The Morgan fingerprint density at radius 3 is 2.04 bits per heavy atom. The maximum absolute atomic E-state index is 12.6. The maximum Gasteiger partial charge on any atom is 0.259 e. The maximum atomic E-state index is 12.6.